The lowest BCUT2D eigenvalue weighted by atomic mass is 10.0. The van der Waals surface area contributed by atoms with E-state index >= 15 is 0 Å². The van der Waals surface area contributed by atoms with Crippen molar-refractivity contribution in [2.24, 2.45) is 4.99 Å². The van der Waals surface area contributed by atoms with E-state index in [1.807, 2.05) is 25.1 Å². The molecule has 8 nitrogen and oxygen atoms in total. The van der Waals surface area contributed by atoms with Crippen LogP contribution < -0.4 is 15.5 Å². The molecule has 0 spiro atoms. The number of hydrogen-bond donors (Lipinski definition) is 3. The van der Waals surface area contributed by atoms with Crippen LogP contribution in [0.3, 0.4) is 0 Å². The van der Waals surface area contributed by atoms with Gasteiger partial charge in [0.2, 0.25) is 5.82 Å². The normalized spacial score (nSPS) is 16.9. The van der Waals surface area contributed by atoms with Crippen molar-refractivity contribution in [1.82, 2.24) is 25.8 Å². The fourth-order valence-electron chi connectivity index (χ4n) is 4.00. The van der Waals surface area contributed by atoms with Crippen LogP contribution in [0.2, 0.25) is 0 Å². The predicted molar refractivity (Wildman–Crippen MR) is 123 cm³/mol. The third kappa shape index (κ3) is 5.46. The molecule has 1 fully saturated rings. The summed E-state index contributed by atoms with van der Waals surface area (Å²) in [5.41, 5.74) is 2.06. The number of aryl methyl sites for hydroxylation is 1. The van der Waals surface area contributed by atoms with Gasteiger partial charge in [0.05, 0.1) is 6.26 Å². The van der Waals surface area contributed by atoms with Gasteiger partial charge < -0.3 is 20.0 Å². The summed E-state index contributed by atoms with van der Waals surface area (Å²) < 4.78 is 18.8. The number of H-pyrrole nitrogens is 1. The molecule has 0 saturated carbocycles. The van der Waals surface area contributed by atoms with Crippen molar-refractivity contribution >= 4 is 11.6 Å². The maximum Gasteiger partial charge on any atom is 0.216 e. The molecule has 3 aromatic rings. The zero-order chi connectivity index (χ0) is 22.3. The minimum atomic E-state index is -0.192. The van der Waals surface area contributed by atoms with E-state index in [-0.39, 0.29) is 11.9 Å². The number of nitrogens with one attached hydrogen (secondary N) is 3. The zero-order valence-corrected chi connectivity index (χ0v) is 18.6. The van der Waals surface area contributed by atoms with Crippen LogP contribution in [0.5, 0.6) is 0 Å². The molecule has 1 aliphatic heterocycles. The van der Waals surface area contributed by atoms with Crippen molar-refractivity contribution in [1.29, 1.82) is 0 Å². The van der Waals surface area contributed by atoms with Crippen molar-refractivity contribution in [3.63, 3.8) is 0 Å². The Hall–Kier alpha value is -3.36. The Kier molecular flexibility index (Phi) is 7.03. The van der Waals surface area contributed by atoms with Crippen molar-refractivity contribution in [3.8, 4) is 11.6 Å². The molecule has 0 aliphatic carbocycles. The van der Waals surface area contributed by atoms with Gasteiger partial charge in [-0.1, -0.05) is 0 Å². The van der Waals surface area contributed by atoms with Crippen LogP contribution >= 0.6 is 0 Å². The lowest BCUT2D eigenvalue weighted by Gasteiger charge is -2.36. The van der Waals surface area contributed by atoms with Crippen LogP contribution in [0.1, 0.15) is 31.2 Å². The van der Waals surface area contributed by atoms with Crippen LogP contribution in [0.15, 0.2) is 46.0 Å². The summed E-state index contributed by atoms with van der Waals surface area (Å²) in [6.45, 7) is 7.20. The van der Waals surface area contributed by atoms with Gasteiger partial charge in [-0.05, 0) is 62.6 Å². The maximum absolute atomic E-state index is 13.5. The van der Waals surface area contributed by atoms with Gasteiger partial charge in [-0.15, -0.1) is 0 Å². The highest BCUT2D eigenvalue weighted by atomic mass is 19.1. The molecule has 1 aromatic carbocycles. The number of furan rings is 1. The number of nitrogens with zero attached hydrogens (tertiary/aromatic N) is 4. The number of aromatic amines is 1. The molecular formula is C23H30FN7O. The lowest BCUT2D eigenvalue weighted by molar-refractivity contribution is 0.467. The number of hydrogen-bond acceptors (Lipinski definition) is 5. The molecule has 4 rings (SSSR count). The molecule has 32 heavy (non-hydrogen) atoms. The lowest BCUT2D eigenvalue weighted by Crippen LogP contribution is -2.51. The van der Waals surface area contributed by atoms with E-state index < -0.39 is 0 Å². The Labute approximate surface area is 187 Å². The molecule has 0 amide bonds. The van der Waals surface area contributed by atoms with Crippen LogP contribution in [-0.2, 0) is 6.42 Å². The van der Waals surface area contributed by atoms with E-state index in [0.29, 0.717) is 24.6 Å². The molecule has 1 saturated heterocycles. The number of rotatable bonds is 7. The summed E-state index contributed by atoms with van der Waals surface area (Å²) >= 11 is 0. The third-order valence-electron chi connectivity index (χ3n) is 5.50. The van der Waals surface area contributed by atoms with Gasteiger partial charge in [0.1, 0.15) is 11.6 Å². The first kappa shape index (κ1) is 21.9. The van der Waals surface area contributed by atoms with Gasteiger partial charge in [-0.2, -0.15) is 5.10 Å². The van der Waals surface area contributed by atoms with E-state index in [0.717, 1.165) is 55.5 Å². The predicted octanol–water partition coefficient (Wildman–Crippen LogP) is 3.28. The number of anilines is 1. The van der Waals surface area contributed by atoms with Gasteiger partial charge in [0.25, 0.3) is 0 Å². The SMILES string of the molecule is CCNC(=NCCc1nc(-c2ccco2)n[nH]1)NC1CCCN(c2ccc(F)cc2C)C1. The minimum absolute atomic E-state index is 0.192. The second-order valence-electron chi connectivity index (χ2n) is 7.95. The Morgan fingerprint density at radius 3 is 3.06 bits per heavy atom. The molecule has 170 valence electrons. The summed E-state index contributed by atoms with van der Waals surface area (Å²) in [7, 11) is 0. The molecule has 0 radical (unpaired) electrons. The van der Waals surface area contributed by atoms with Crippen molar-refractivity contribution in [3.05, 3.63) is 53.8 Å². The Morgan fingerprint density at radius 2 is 2.28 bits per heavy atom. The van der Waals surface area contributed by atoms with Crippen molar-refractivity contribution in [2.75, 3.05) is 31.1 Å². The number of piperidine rings is 1. The highest BCUT2D eigenvalue weighted by Crippen LogP contribution is 2.24. The Bertz CT molecular complexity index is 1030. The molecule has 1 aliphatic rings. The quantitative estimate of drug-likeness (QED) is 0.386. The number of guanidine groups is 1. The number of halogens is 1. The van der Waals surface area contributed by atoms with Crippen LogP contribution in [0, 0.1) is 12.7 Å². The van der Waals surface area contributed by atoms with Gasteiger partial charge in [-0.25, -0.2) is 9.37 Å². The fourth-order valence-corrected chi connectivity index (χ4v) is 4.00. The van der Waals surface area contributed by atoms with Crippen molar-refractivity contribution in [2.45, 2.75) is 39.2 Å². The van der Waals surface area contributed by atoms with Gasteiger partial charge in [0, 0.05) is 44.3 Å². The molecule has 3 N–H and O–H groups in total. The summed E-state index contributed by atoms with van der Waals surface area (Å²) in [6.07, 6.45) is 4.39. The van der Waals surface area contributed by atoms with Gasteiger partial charge >= 0.3 is 0 Å². The number of aliphatic imine (C=N–C) groups is 1. The molecule has 0 bridgehead atoms. The highest BCUT2D eigenvalue weighted by molar-refractivity contribution is 5.80. The first-order chi connectivity index (χ1) is 15.6. The second-order valence-corrected chi connectivity index (χ2v) is 7.95. The third-order valence-corrected chi connectivity index (χ3v) is 5.50. The first-order valence-corrected chi connectivity index (χ1v) is 11.1. The molecule has 1 unspecified atom stereocenters. The van der Waals surface area contributed by atoms with Crippen LogP contribution in [-0.4, -0.2) is 53.4 Å². The Morgan fingerprint density at radius 1 is 1.38 bits per heavy atom. The smallest absolute Gasteiger partial charge is 0.216 e. The van der Waals surface area contributed by atoms with E-state index in [9.17, 15) is 4.39 Å². The standard InChI is InChI=1S/C23H30FN7O/c1-3-25-23(26-11-10-21-28-22(30-29-21)20-7-5-13-32-20)27-18-6-4-12-31(15-18)19-9-8-17(24)14-16(19)2/h5,7-9,13-14,18H,3-4,6,10-12,15H2,1-2H3,(H2,25,26,27)(H,28,29,30). The van der Waals surface area contributed by atoms with E-state index in [1.54, 1.807) is 12.3 Å². The minimum Gasteiger partial charge on any atom is -0.461 e. The number of benzene rings is 1. The Balaban J connectivity index is 1.34. The summed E-state index contributed by atoms with van der Waals surface area (Å²) in [4.78, 5) is 11.5. The molecule has 3 heterocycles. The fraction of sp³-hybridized carbons (Fsp3) is 0.435. The zero-order valence-electron chi connectivity index (χ0n) is 18.6. The molecular weight excluding hydrogens is 409 g/mol. The number of aromatic nitrogens is 3. The second kappa shape index (κ2) is 10.3. The topological polar surface area (TPSA) is 94.4 Å². The van der Waals surface area contributed by atoms with Gasteiger partial charge in [0.15, 0.2) is 11.7 Å². The largest absolute Gasteiger partial charge is 0.461 e. The molecule has 1 atom stereocenters. The van der Waals surface area contributed by atoms with Crippen LogP contribution in [0.4, 0.5) is 10.1 Å². The maximum atomic E-state index is 13.5. The highest BCUT2D eigenvalue weighted by Gasteiger charge is 2.22. The van der Waals surface area contributed by atoms with Gasteiger partial charge in [-0.3, -0.25) is 10.1 Å². The van der Waals surface area contributed by atoms with E-state index in [2.05, 4.69) is 37.6 Å². The molecule has 9 heteroatoms. The monoisotopic (exact) mass is 439 g/mol. The van der Waals surface area contributed by atoms with E-state index in [4.69, 9.17) is 9.41 Å². The van der Waals surface area contributed by atoms with Crippen molar-refractivity contribution < 1.29 is 8.81 Å². The summed E-state index contributed by atoms with van der Waals surface area (Å²) in [5.74, 6) is 2.57. The average Bonchev–Trinajstić information content (AvgIpc) is 3.46. The average molecular weight is 440 g/mol. The first-order valence-electron chi connectivity index (χ1n) is 11.1. The van der Waals surface area contributed by atoms with E-state index in [1.165, 1.54) is 6.07 Å². The summed E-state index contributed by atoms with van der Waals surface area (Å²) in [6, 6.07) is 8.92. The molecule has 2 aromatic heterocycles. The summed E-state index contributed by atoms with van der Waals surface area (Å²) in [5, 5.41) is 14.0. The van der Waals surface area contributed by atoms with Crippen LogP contribution in [0.25, 0.3) is 11.6 Å².